The Hall–Kier alpha value is -6.68. The Bertz CT molecular complexity index is 2880. The molecule has 322 valence electrons. The molecule has 0 atom stereocenters. The van der Waals surface area contributed by atoms with E-state index in [1.807, 2.05) is 84.9 Å². The molecule has 0 saturated carbocycles. The van der Waals surface area contributed by atoms with Crippen LogP contribution < -0.4 is 15.1 Å². The zero-order valence-electron chi connectivity index (χ0n) is 36.1. The third-order valence-corrected chi connectivity index (χ3v) is 17.4. The van der Waals surface area contributed by atoms with Crippen LogP contribution in [0.4, 0.5) is 23.0 Å². The van der Waals surface area contributed by atoms with Crippen molar-refractivity contribution in [3.63, 3.8) is 0 Å². The molecule has 4 heterocycles. The molecular weight excluding hydrogens is 849 g/mol. The maximum atomic E-state index is 11.5. The summed E-state index contributed by atoms with van der Waals surface area (Å²) in [5, 5.41) is 16.5. The summed E-state index contributed by atoms with van der Waals surface area (Å²) in [6.45, 7) is 11.2. The summed E-state index contributed by atoms with van der Waals surface area (Å²) >= 11 is 3.22. The van der Waals surface area contributed by atoms with Crippen LogP contribution in [0.15, 0.2) is 122 Å². The van der Waals surface area contributed by atoms with Crippen molar-refractivity contribution in [1.82, 2.24) is 19.9 Å². The molecule has 0 fully saturated rings. The van der Waals surface area contributed by atoms with Crippen molar-refractivity contribution in [3.05, 3.63) is 133 Å². The molecule has 0 aliphatic heterocycles. The first-order valence-corrected chi connectivity index (χ1v) is 24.7. The lowest BCUT2D eigenvalue weighted by molar-refractivity contribution is -0.140. The van der Waals surface area contributed by atoms with Gasteiger partial charge in [-0.1, -0.05) is 81.4 Å². The van der Waals surface area contributed by atoms with E-state index in [9.17, 15) is 14.7 Å². The Morgan fingerprint density at radius 2 is 1.10 bits per heavy atom. The van der Waals surface area contributed by atoms with E-state index in [0.717, 1.165) is 75.4 Å². The molecule has 0 amide bonds. The van der Waals surface area contributed by atoms with Crippen LogP contribution in [0.1, 0.15) is 31.9 Å². The van der Waals surface area contributed by atoms with Gasteiger partial charge in [0.15, 0.2) is 11.6 Å². The molecule has 0 aliphatic rings. The van der Waals surface area contributed by atoms with Crippen molar-refractivity contribution in [2.45, 2.75) is 51.7 Å². The molecule has 0 saturated heterocycles. The number of carbonyl (C=O) groups excluding carboxylic acids is 2. The average molecular weight is 897 g/mol. The number of nitrogens with one attached hydrogen (secondary N) is 2. The minimum Gasteiger partial charge on any atom is -0.543 e. The number of aromatic hydroxyl groups is 1. The number of nitrogens with zero attached hydrogens (tertiary/aromatic N) is 4. The van der Waals surface area contributed by atoms with E-state index >= 15 is 0 Å². The number of rotatable bonds is 12. The molecule has 4 aromatic carbocycles. The van der Waals surface area contributed by atoms with Crippen molar-refractivity contribution in [3.8, 4) is 32.4 Å². The number of hydrogen-bond donors (Lipinski definition) is 3. The predicted molar refractivity (Wildman–Crippen MR) is 256 cm³/mol. The molecule has 8 aromatic rings. The molecule has 12 nitrogen and oxygen atoms in total. The number of anilines is 4. The van der Waals surface area contributed by atoms with E-state index in [4.69, 9.17) is 13.9 Å². The number of thiophene rings is 2. The van der Waals surface area contributed by atoms with Crippen LogP contribution >= 0.6 is 22.7 Å². The van der Waals surface area contributed by atoms with E-state index in [0.29, 0.717) is 5.82 Å². The van der Waals surface area contributed by atoms with Gasteiger partial charge >= 0.3 is 11.9 Å². The van der Waals surface area contributed by atoms with E-state index in [-0.39, 0.29) is 35.6 Å². The number of benzene rings is 4. The molecule has 0 aliphatic carbocycles. The maximum Gasteiger partial charge on any atom is 0.309 e. The smallest absolute Gasteiger partial charge is 0.309 e. The average Bonchev–Trinajstić information content (AvgIpc) is 3.91. The Balaban J connectivity index is 0.000000193. The summed E-state index contributed by atoms with van der Waals surface area (Å²) in [4.78, 5) is 42.8. The molecule has 0 spiro atoms. The fourth-order valence-corrected chi connectivity index (χ4v) is 9.31. The first kappa shape index (κ1) is 44.4. The highest BCUT2D eigenvalue weighted by molar-refractivity contribution is 7.23. The summed E-state index contributed by atoms with van der Waals surface area (Å²) in [5.74, 6) is 2.00. The molecule has 63 heavy (non-hydrogen) atoms. The number of aromatic nitrogens is 4. The fraction of sp³-hybridized carbons (Fsp3) is 0.208. The first-order valence-electron chi connectivity index (χ1n) is 20.1. The van der Waals surface area contributed by atoms with E-state index in [2.05, 4.69) is 70.5 Å². The van der Waals surface area contributed by atoms with E-state index in [1.54, 1.807) is 47.2 Å². The van der Waals surface area contributed by atoms with Gasteiger partial charge in [0.05, 0.1) is 47.5 Å². The normalized spacial score (nSPS) is 11.4. The second-order valence-electron chi connectivity index (χ2n) is 16.2. The highest BCUT2D eigenvalue weighted by Gasteiger charge is 2.39. The van der Waals surface area contributed by atoms with Gasteiger partial charge in [0.1, 0.15) is 24.2 Å². The van der Waals surface area contributed by atoms with Crippen LogP contribution in [0.2, 0.25) is 18.1 Å². The van der Waals surface area contributed by atoms with Crippen molar-refractivity contribution in [2.24, 2.45) is 0 Å². The quantitative estimate of drug-likeness (QED) is 0.0788. The van der Waals surface area contributed by atoms with Gasteiger partial charge in [-0.2, -0.15) is 0 Å². The molecule has 3 N–H and O–H groups in total. The number of phenolic OH excluding ortho intramolecular Hbond substituents is 1. The Labute approximate surface area is 375 Å². The number of esters is 2. The molecule has 0 radical (unpaired) electrons. The van der Waals surface area contributed by atoms with Crippen LogP contribution in [0.25, 0.3) is 41.3 Å². The molecular formula is C48H48N6O6S2Si. The molecule has 4 aromatic heterocycles. The van der Waals surface area contributed by atoms with Gasteiger partial charge in [0.2, 0.25) is 8.32 Å². The van der Waals surface area contributed by atoms with Gasteiger partial charge < -0.3 is 29.6 Å². The van der Waals surface area contributed by atoms with Crippen molar-refractivity contribution < 1.29 is 28.6 Å². The number of fused-ring (bicyclic) bond motifs is 2. The van der Waals surface area contributed by atoms with Crippen molar-refractivity contribution >= 4 is 86.4 Å². The van der Waals surface area contributed by atoms with Gasteiger partial charge in [-0.25, -0.2) is 19.9 Å². The van der Waals surface area contributed by atoms with Crippen LogP contribution in [0.5, 0.6) is 11.5 Å². The van der Waals surface area contributed by atoms with E-state index < -0.39 is 8.32 Å². The number of methoxy groups -OCH3 is 2. The number of carbonyl (C=O) groups is 2. The lowest BCUT2D eigenvalue weighted by Gasteiger charge is -2.36. The van der Waals surface area contributed by atoms with Crippen LogP contribution in [0, 0.1) is 0 Å². The minimum atomic E-state index is -1.93. The second kappa shape index (κ2) is 19.1. The number of phenols is 1. The van der Waals surface area contributed by atoms with Crippen molar-refractivity contribution in [2.75, 3.05) is 24.9 Å². The summed E-state index contributed by atoms with van der Waals surface area (Å²) in [6.07, 6.45) is 3.62. The van der Waals surface area contributed by atoms with Gasteiger partial charge in [-0.15, -0.1) is 22.7 Å². The largest absolute Gasteiger partial charge is 0.543 e. The van der Waals surface area contributed by atoms with Gasteiger partial charge in [0, 0.05) is 33.3 Å². The van der Waals surface area contributed by atoms with Crippen LogP contribution in [-0.4, -0.2) is 59.5 Å². The highest BCUT2D eigenvalue weighted by atomic mass is 32.1. The molecule has 0 bridgehead atoms. The summed E-state index contributed by atoms with van der Waals surface area (Å²) in [7, 11) is 0.856. The summed E-state index contributed by atoms with van der Waals surface area (Å²) < 4.78 is 17.8. The van der Waals surface area contributed by atoms with Crippen molar-refractivity contribution in [1.29, 1.82) is 0 Å². The topological polar surface area (TPSA) is 158 Å². The minimum absolute atomic E-state index is 0.125. The number of hydrogen-bond acceptors (Lipinski definition) is 14. The summed E-state index contributed by atoms with van der Waals surface area (Å²) in [6, 6.07) is 34.8. The fourth-order valence-electron chi connectivity index (χ4n) is 6.16. The predicted octanol–water partition coefficient (Wildman–Crippen LogP) is 11.7. The van der Waals surface area contributed by atoms with Gasteiger partial charge in [-0.05, 0) is 76.8 Å². The third-order valence-electron chi connectivity index (χ3n) is 10.6. The van der Waals surface area contributed by atoms with E-state index in [1.165, 1.54) is 20.5 Å². The molecule has 15 heteroatoms. The second-order valence-corrected chi connectivity index (χ2v) is 23.0. The zero-order chi connectivity index (χ0) is 44.7. The monoisotopic (exact) mass is 896 g/mol. The standard InChI is InChI=1S/C27H31N3O3SSi.C21H17N3O3S/c1-27(2,3)35(5,6)33-21-9-7-8-20(15-21)30-26-25-22(28-17-29-26)16-23(34-25)19-12-10-18(11-13-19)14-24(31)32-4;1-27-19(26)9-13-5-7-14(8-6-13)18-11-17-20(28-18)21(23-12-22-17)24-15-3-2-4-16(25)10-15/h7-13,15-17H,14H2,1-6H3,(H,28,29,30);2-8,10-12,25H,9H2,1H3,(H,22,23,24). The lowest BCUT2D eigenvalue weighted by Crippen LogP contribution is -2.43. The molecule has 0 unspecified atom stereocenters. The van der Waals surface area contributed by atoms with Gasteiger partial charge in [-0.3, -0.25) is 9.59 Å². The summed E-state index contributed by atoms with van der Waals surface area (Å²) in [5.41, 5.74) is 7.33. The SMILES string of the molecule is COC(=O)Cc1ccc(-c2cc3ncnc(Nc4cccc(O)c4)c3s2)cc1.COC(=O)Cc1ccc(-c2cc3ncnc(Nc4cccc(O[Si](C)(C)C(C)(C)C)c4)c3s2)cc1. The highest BCUT2D eigenvalue weighted by Crippen LogP contribution is 2.40. The lowest BCUT2D eigenvalue weighted by atomic mass is 10.1. The Morgan fingerprint density at radius 1 is 0.635 bits per heavy atom. The van der Waals surface area contributed by atoms with Gasteiger partial charge in [0.25, 0.3) is 0 Å². The number of ether oxygens (including phenoxy) is 2. The molecule has 8 rings (SSSR count). The zero-order valence-corrected chi connectivity index (χ0v) is 38.7. The van der Waals surface area contributed by atoms with Crippen LogP contribution in [-0.2, 0) is 31.9 Å². The Morgan fingerprint density at radius 3 is 1.54 bits per heavy atom. The Kier molecular flexibility index (Phi) is 13.5. The van der Waals surface area contributed by atoms with Crippen LogP contribution in [0.3, 0.4) is 0 Å². The third kappa shape index (κ3) is 11.0. The first-order chi connectivity index (χ1) is 30.2. The maximum absolute atomic E-state index is 11.5.